The third-order valence-corrected chi connectivity index (χ3v) is 4.99. The minimum Gasteiger partial charge on any atom is -0.356 e. The molecule has 0 aliphatic carbocycles. The molecule has 0 spiro atoms. The van der Waals surface area contributed by atoms with Gasteiger partial charge in [-0.15, -0.1) is 10.2 Å². The average Bonchev–Trinajstić information content (AvgIpc) is 3.11. The SMILES string of the molecule is CN=C(NCCCc1ccc(Cl)cc1Cl)NCCCc1nnc2ccccn12. The second-order valence-electron chi connectivity index (χ2n) is 6.41. The monoisotopic (exact) mass is 418 g/mol. The fourth-order valence-corrected chi connectivity index (χ4v) is 3.45. The Balaban J connectivity index is 1.35. The fraction of sp³-hybridized carbons (Fsp3) is 0.350. The number of aryl methyl sites for hydroxylation is 2. The lowest BCUT2D eigenvalue weighted by Gasteiger charge is -2.12. The summed E-state index contributed by atoms with van der Waals surface area (Å²) in [6.07, 6.45) is 5.63. The lowest BCUT2D eigenvalue weighted by molar-refractivity contribution is 0.702. The summed E-state index contributed by atoms with van der Waals surface area (Å²) in [6.45, 7) is 1.62. The first-order valence-corrected chi connectivity index (χ1v) is 10.1. The summed E-state index contributed by atoms with van der Waals surface area (Å²) in [5.41, 5.74) is 1.99. The van der Waals surface area contributed by atoms with E-state index in [-0.39, 0.29) is 0 Å². The topological polar surface area (TPSA) is 66.6 Å². The Morgan fingerprint density at radius 1 is 1.04 bits per heavy atom. The van der Waals surface area contributed by atoms with Crippen molar-refractivity contribution in [1.82, 2.24) is 25.2 Å². The van der Waals surface area contributed by atoms with E-state index in [0.29, 0.717) is 5.02 Å². The number of aliphatic imine (C=N–C) groups is 1. The smallest absolute Gasteiger partial charge is 0.190 e. The van der Waals surface area contributed by atoms with Crippen molar-refractivity contribution >= 4 is 34.8 Å². The summed E-state index contributed by atoms with van der Waals surface area (Å²) in [5, 5.41) is 16.5. The third-order valence-electron chi connectivity index (χ3n) is 4.41. The van der Waals surface area contributed by atoms with Crippen LogP contribution in [0.4, 0.5) is 0 Å². The van der Waals surface area contributed by atoms with Crippen molar-refractivity contribution < 1.29 is 0 Å². The Labute approximate surface area is 175 Å². The molecule has 0 radical (unpaired) electrons. The average molecular weight is 419 g/mol. The molecule has 6 nitrogen and oxygen atoms in total. The van der Waals surface area contributed by atoms with Crippen LogP contribution in [0, 0.1) is 0 Å². The van der Waals surface area contributed by atoms with E-state index in [9.17, 15) is 0 Å². The van der Waals surface area contributed by atoms with Gasteiger partial charge in [0.05, 0.1) is 0 Å². The molecule has 2 aromatic heterocycles. The summed E-state index contributed by atoms with van der Waals surface area (Å²) in [7, 11) is 1.78. The zero-order valence-corrected chi connectivity index (χ0v) is 17.3. The van der Waals surface area contributed by atoms with Crippen LogP contribution in [-0.2, 0) is 12.8 Å². The second kappa shape index (κ2) is 10.3. The zero-order chi connectivity index (χ0) is 19.8. The molecule has 2 heterocycles. The second-order valence-corrected chi connectivity index (χ2v) is 7.26. The van der Waals surface area contributed by atoms with Gasteiger partial charge in [0.25, 0.3) is 0 Å². The van der Waals surface area contributed by atoms with E-state index in [0.717, 1.165) is 66.8 Å². The predicted octanol–water partition coefficient (Wildman–Crippen LogP) is 3.77. The number of halogens is 2. The molecule has 0 atom stereocenters. The number of nitrogens with zero attached hydrogens (tertiary/aromatic N) is 4. The van der Waals surface area contributed by atoms with Gasteiger partial charge in [-0.1, -0.05) is 35.3 Å². The van der Waals surface area contributed by atoms with Gasteiger partial charge in [-0.05, 0) is 49.1 Å². The maximum absolute atomic E-state index is 6.21. The van der Waals surface area contributed by atoms with Crippen LogP contribution in [0.25, 0.3) is 5.65 Å². The minimum atomic E-state index is 0.663. The number of guanidine groups is 1. The van der Waals surface area contributed by atoms with Gasteiger partial charge < -0.3 is 10.6 Å². The molecule has 0 fully saturated rings. The van der Waals surface area contributed by atoms with Crippen LogP contribution in [-0.4, -0.2) is 40.7 Å². The van der Waals surface area contributed by atoms with E-state index >= 15 is 0 Å². The van der Waals surface area contributed by atoms with Crippen molar-refractivity contribution in [1.29, 1.82) is 0 Å². The molecule has 0 saturated carbocycles. The van der Waals surface area contributed by atoms with Gasteiger partial charge in [-0.2, -0.15) is 0 Å². The molecule has 0 aliphatic heterocycles. The first-order chi connectivity index (χ1) is 13.7. The van der Waals surface area contributed by atoms with Gasteiger partial charge in [0.1, 0.15) is 5.82 Å². The van der Waals surface area contributed by atoms with Crippen LogP contribution in [0.3, 0.4) is 0 Å². The summed E-state index contributed by atoms with van der Waals surface area (Å²) < 4.78 is 2.02. The molecular weight excluding hydrogens is 395 g/mol. The summed E-state index contributed by atoms with van der Waals surface area (Å²) >= 11 is 12.1. The number of pyridine rings is 1. The molecule has 0 saturated heterocycles. The maximum Gasteiger partial charge on any atom is 0.190 e. The Bertz CT molecular complexity index is 937. The van der Waals surface area contributed by atoms with E-state index in [1.165, 1.54) is 0 Å². The number of nitrogens with one attached hydrogen (secondary N) is 2. The van der Waals surface area contributed by atoms with Gasteiger partial charge in [-0.3, -0.25) is 9.39 Å². The molecule has 2 N–H and O–H groups in total. The standard InChI is InChI=1S/C20H24Cl2N6/c1-23-20(24-11-4-6-15-9-10-16(21)14-17(15)22)25-12-5-8-19-27-26-18-7-2-3-13-28(18)19/h2-3,7,9-10,13-14H,4-6,8,11-12H2,1H3,(H2,23,24,25). The molecule has 0 amide bonds. The fourth-order valence-electron chi connectivity index (χ4n) is 2.95. The van der Waals surface area contributed by atoms with Crippen molar-refractivity contribution in [2.24, 2.45) is 4.99 Å². The molecule has 0 unspecified atom stereocenters. The van der Waals surface area contributed by atoms with Gasteiger partial charge in [-0.25, -0.2) is 0 Å². The van der Waals surface area contributed by atoms with E-state index in [2.05, 4.69) is 25.8 Å². The lowest BCUT2D eigenvalue weighted by atomic mass is 10.1. The van der Waals surface area contributed by atoms with Crippen LogP contribution in [0.1, 0.15) is 24.2 Å². The van der Waals surface area contributed by atoms with Gasteiger partial charge in [0.2, 0.25) is 0 Å². The summed E-state index contributed by atoms with van der Waals surface area (Å²) in [6, 6.07) is 11.5. The minimum absolute atomic E-state index is 0.663. The van der Waals surface area contributed by atoms with Crippen LogP contribution < -0.4 is 10.6 Å². The number of benzene rings is 1. The van der Waals surface area contributed by atoms with Gasteiger partial charge in [0, 0.05) is 42.8 Å². The molecule has 3 rings (SSSR count). The summed E-state index contributed by atoms with van der Waals surface area (Å²) in [4.78, 5) is 4.26. The molecule has 0 aliphatic rings. The van der Waals surface area contributed by atoms with E-state index in [1.54, 1.807) is 13.1 Å². The van der Waals surface area contributed by atoms with Crippen molar-refractivity contribution in [2.45, 2.75) is 25.7 Å². The Morgan fingerprint density at radius 2 is 1.82 bits per heavy atom. The normalized spacial score (nSPS) is 11.8. The van der Waals surface area contributed by atoms with Crippen LogP contribution in [0.15, 0.2) is 47.6 Å². The Morgan fingerprint density at radius 3 is 2.57 bits per heavy atom. The van der Waals surface area contributed by atoms with Crippen LogP contribution in [0.2, 0.25) is 10.0 Å². The van der Waals surface area contributed by atoms with Crippen LogP contribution in [0.5, 0.6) is 0 Å². The highest BCUT2D eigenvalue weighted by atomic mass is 35.5. The number of aromatic nitrogens is 3. The molecule has 0 bridgehead atoms. The first-order valence-electron chi connectivity index (χ1n) is 9.34. The zero-order valence-electron chi connectivity index (χ0n) is 15.8. The highest BCUT2D eigenvalue weighted by Crippen LogP contribution is 2.21. The van der Waals surface area contributed by atoms with Crippen molar-refractivity contribution in [3.05, 3.63) is 64.0 Å². The largest absolute Gasteiger partial charge is 0.356 e. The first kappa shape index (κ1) is 20.4. The molecule has 3 aromatic rings. The van der Waals surface area contributed by atoms with E-state index in [1.807, 2.05) is 40.9 Å². The molecule has 28 heavy (non-hydrogen) atoms. The van der Waals surface area contributed by atoms with Crippen molar-refractivity contribution in [3.63, 3.8) is 0 Å². The van der Waals surface area contributed by atoms with E-state index in [4.69, 9.17) is 23.2 Å². The van der Waals surface area contributed by atoms with Crippen molar-refractivity contribution in [2.75, 3.05) is 20.1 Å². The third kappa shape index (κ3) is 5.59. The predicted molar refractivity (Wildman–Crippen MR) is 115 cm³/mol. The Hall–Kier alpha value is -2.31. The number of rotatable bonds is 8. The molecule has 1 aromatic carbocycles. The van der Waals surface area contributed by atoms with Crippen LogP contribution >= 0.6 is 23.2 Å². The number of hydrogen-bond acceptors (Lipinski definition) is 3. The summed E-state index contributed by atoms with van der Waals surface area (Å²) in [5.74, 6) is 1.77. The molecular formula is C20H24Cl2N6. The number of hydrogen-bond donors (Lipinski definition) is 2. The quantitative estimate of drug-likeness (QED) is 0.332. The molecule has 8 heteroatoms. The number of fused-ring (bicyclic) bond motifs is 1. The van der Waals surface area contributed by atoms with Crippen molar-refractivity contribution in [3.8, 4) is 0 Å². The van der Waals surface area contributed by atoms with E-state index < -0.39 is 0 Å². The highest BCUT2D eigenvalue weighted by molar-refractivity contribution is 6.35. The lowest BCUT2D eigenvalue weighted by Crippen LogP contribution is -2.38. The van der Waals surface area contributed by atoms with Gasteiger partial charge >= 0.3 is 0 Å². The Kier molecular flexibility index (Phi) is 7.51. The van der Waals surface area contributed by atoms with Gasteiger partial charge in [0.15, 0.2) is 11.6 Å². The highest BCUT2D eigenvalue weighted by Gasteiger charge is 2.05. The molecule has 148 valence electrons. The maximum atomic E-state index is 6.21.